The molecule has 0 aliphatic heterocycles. The zero-order valence-electron chi connectivity index (χ0n) is 12.7. The number of hydrogen-bond donors (Lipinski definition) is 1. The zero-order chi connectivity index (χ0) is 15.1. The molecule has 2 aromatic carbocycles. The molecule has 0 radical (unpaired) electrons. The Hall–Kier alpha value is -2.03. The van der Waals surface area contributed by atoms with E-state index in [2.05, 4.69) is 12.2 Å². The van der Waals surface area contributed by atoms with E-state index >= 15 is 0 Å². The molecule has 0 amide bonds. The molecule has 0 saturated heterocycles. The summed E-state index contributed by atoms with van der Waals surface area (Å²) in [5.41, 5.74) is 3.01. The van der Waals surface area contributed by atoms with Gasteiger partial charge >= 0.3 is 0 Å². The molecule has 0 aliphatic carbocycles. The third kappa shape index (κ3) is 4.78. The minimum absolute atomic E-state index is 0.220. The number of unbranched alkanes of at least 4 members (excludes halogenated alkanes) is 1. The second kappa shape index (κ2) is 7.67. The van der Waals surface area contributed by atoms with Crippen LogP contribution in [-0.2, 0) is 6.54 Å². The van der Waals surface area contributed by atoms with Gasteiger partial charge in [-0.2, -0.15) is 0 Å². The Morgan fingerprint density at radius 1 is 1.10 bits per heavy atom. The van der Waals surface area contributed by atoms with E-state index in [-0.39, 0.29) is 5.82 Å². The van der Waals surface area contributed by atoms with E-state index in [1.807, 2.05) is 31.2 Å². The van der Waals surface area contributed by atoms with Crippen LogP contribution in [0.25, 0.3) is 0 Å². The summed E-state index contributed by atoms with van der Waals surface area (Å²) in [5.74, 6) is 0.678. The molecule has 0 atom stereocenters. The van der Waals surface area contributed by atoms with Gasteiger partial charge in [0.05, 0.1) is 6.61 Å². The minimum Gasteiger partial charge on any atom is -0.494 e. The largest absolute Gasteiger partial charge is 0.494 e. The van der Waals surface area contributed by atoms with Crippen molar-refractivity contribution in [3.8, 4) is 5.75 Å². The standard InChI is InChI=1S/C18H22FNO/c1-3-4-11-21-17-9-6-15(7-10-17)13-20-18-12-16(19)8-5-14(18)2/h5-10,12,20H,3-4,11,13H2,1-2H3. The average Bonchev–Trinajstić information content (AvgIpc) is 2.50. The predicted octanol–water partition coefficient (Wildman–Crippen LogP) is 4.93. The quantitative estimate of drug-likeness (QED) is 0.729. The van der Waals surface area contributed by atoms with E-state index in [0.29, 0.717) is 6.54 Å². The van der Waals surface area contributed by atoms with Crippen LogP contribution in [0.5, 0.6) is 5.75 Å². The fourth-order valence-corrected chi connectivity index (χ4v) is 2.02. The topological polar surface area (TPSA) is 21.3 Å². The number of aryl methyl sites for hydroxylation is 1. The molecule has 2 rings (SSSR count). The molecule has 0 unspecified atom stereocenters. The molecule has 0 bridgehead atoms. The van der Waals surface area contributed by atoms with Gasteiger partial charge in [-0.3, -0.25) is 0 Å². The van der Waals surface area contributed by atoms with Crippen molar-refractivity contribution >= 4 is 5.69 Å². The molecule has 2 aromatic rings. The van der Waals surface area contributed by atoms with Crippen molar-refractivity contribution in [2.24, 2.45) is 0 Å². The van der Waals surface area contributed by atoms with Gasteiger partial charge in [0.1, 0.15) is 11.6 Å². The number of halogens is 1. The van der Waals surface area contributed by atoms with Gasteiger partial charge < -0.3 is 10.1 Å². The highest BCUT2D eigenvalue weighted by molar-refractivity contribution is 5.51. The van der Waals surface area contributed by atoms with Gasteiger partial charge in [0.25, 0.3) is 0 Å². The molecule has 3 heteroatoms. The summed E-state index contributed by atoms with van der Waals surface area (Å²) >= 11 is 0. The normalized spacial score (nSPS) is 10.4. The lowest BCUT2D eigenvalue weighted by molar-refractivity contribution is 0.309. The van der Waals surface area contributed by atoms with Crippen molar-refractivity contribution in [2.75, 3.05) is 11.9 Å². The van der Waals surface area contributed by atoms with Crippen molar-refractivity contribution in [2.45, 2.75) is 33.2 Å². The van der Waals surface area contributed by atoms with E-state index in [9.17, 15) is 4.39 Å². The maximum atomic E-state index is 13.2. The van der Waals surface area contributed by atoms with Gasteiger partial charge in [-0.15, -0.1) is 0 Å². The number of hydrogen-bond acceptors (Lipinski definition) is 2. The van der Waals surface area contributed by atoms with Crippen LogP contribution in [0.4, 0.5) is 10.1 Å². The van der Waals surface area contributed by atoms with Crippen molar-refractivity contribution in [1.29, 1.82) is 0 Å². The van der Waals surface area contributed by atoms with E-state index < -0.39 is 0 Å². The molecule has 2 nitrogen and oxygen atoms in total. The molecule has 21 heavy (non-hydrogen) atoms. The number of ether oxygens (including phenoxy) is 1. The first kappa shape index (κ1) is 15.4. The summed E-state index contributed by atoms with van der Waals surface area (Å²) in [5, 5.41) is 3.26. The molecule has 112 valence electrons. The van der Waals surface area contributed by atoms with Crippen LogP contribution < -0.4 is 10.1 Å². The average molecular weight is 287 g/mol. The van der Waals surface area contributed by atoms with Crippen molar-refractivity contribution in [3.63, 3.8) is 0 Å². The summed E-state index contributed by atoms with van der Waals surface area (Å²) in [6, 6.07) is 12.8. The van der Waals surface area contributed by atoms with Gasteiger partial charge in [0, 0.05) is 12.2 Å². The van der Waals surface area contributed by atoms with Crippen LogP contribution in [-0.4, -0.2) is 6.61 Å². The molecular formula is C18H22FNO. The molecule has 1 N–H and O–H groups in total. The van der Waals surface area contributed by atoms with Gasteiger partial charge in [0.15, 0.2) is 0 Å². The second-order valence-electron chi connectivity index (χ2n) is 5.16. The predicted molar refractivity (Wildman–Crippen MR) is 85.3 cm³/mol. The Bertz CT molecular complexity index is 566. The van der Waals surface area contributed by atoms with Crippen molar-refractivity contribution < 1.29 is 9.13 Å². The van der Waals surface area contributed by atoms with Crippen LogP contribution in [0.15, 0.2) is 42.5 Å². The molecule has 0 aromatic heterocycles. The minimum atomic E-state index is -0.220. The maximum Gasteiger partial charge on any atom is 0.125 e. The van der Waals surface area contributed by atoms with Gasteiger partial charge in [-0.25, -0.2) is 4.39 Å². The fourth-order valence-electron chi connectivity index (χ4n) is 2.02. The highest BCUT2D eigenvalue weighted by atomic mass is 19.1. The van der Waals surface area contributed by atoms with E-state index in [1.54, 1.807) is 6.07 Å². The number of benzene rings is 2. The molecule has 0 saturated carbocycles. The SMILES string of the molecule is CCCCOc1ccc(CNc2cc(F)ccc2C)cc1. The molecular weight excluding hydrogens is 265 g/mol. The van der Waals surface area contributed by atoms with Crippen molar-refractivity contribution in [1.82, 2.24) is 0 Å². The lowest BCUT2D eigenvalue weighted by Crippen LogP contribution is -2.02. The van der Waals surface area contributed by atoms with Gasteiger partial charge in [-0.05, 0) is 48.7 Å². The van der Waals surface area contributed by atoms with Crippen LogP contribution in [0.3, 0.4) is 0 Å². The lowest BCUT2D eigenvalue weighted by Gasteiger charge is -2.10. The first-order chi connectivity index (χ1) is 10.2. The Morgan fingerprint density at radius 3 is 2.57 bits per heavy atom. The Balaban J connectivity index is 1.90. The number of rotatable bonds is 7. The molecule has 0 aliphatic rings. The van der Waals surface area contributed by atoms with E-state index in [1.165, 1.54) is 12.1 Å². The highest BCUT2D eigenvalue weighted by Crippen LogP contribution is 2.18. The Morgan fingerprint density at radius 2 is 1.86 bits per heavy atom. The third-order valence-corrected chi connectivity index (χ3v) is 3.37. The smallest absolute Gasteiger partial charge is 0.125 e. The van der Waals surface area contributed by atoms with Crippen LogP contribution in [0.2, 0.25) is 0 Å². The first-order valence-corrected chi connectivity index (χ1v) is 7.41. The molecule has 0 fully saturated rings. The summed E-state index contributed by atoms with van der Waals surface area (Å²) in [7, 11) is 0. The molecule has 0 heterocycles. The monoisotopic (exact) mass is 287 g/mol. The summed E-state index contributed by atoms with van der Waals surface area (Å²) in [6.07, 6.45) is 2.21. The number of nitrogens with one attached hydrogen (secondary N) is 1. The van der Waals surface area contributed by atoms with Gasteiger partial charge in [-0.1, -0.05) is 31.5 Å². The Labute approximate surface area is 126 Å². The van der Waals surface area contributed by atoms with Crippen molar-refractivity contribution in [3.05, 3.63) is 59.4 Å². The van der Waals surface area contributed by atoms with E-state index in [4.69, 9.17) is 4.74 Å². The van der Waals surface area contributed by atoms with E-state index in [0.717, 1.165) is 42.0 Å². The maximum absolute atomic E-state index is 13.2. The summed E-state index contributed by atoms with van der Waals surface area (Å²) < 4.78 is 18.8. The van der Waals surface area contributed by atoms with Crippen LogP contribution in [0.1, 0.15) is 30.9 Å². The highest BCUT2D eigenvalue weighted by Gasteiger charge is 2.01. The summed E-state index contributed by atoms with van der Waals surface area (Å²) in [6.45, 7) is 5.54. The Kier molecular flexibility index (Phi) is 5.61. The zero-order valence-corrected chi connectivity index (χ0v) is 12.7. The van der Waals surface area contributed by atoms with Gasteiger partial charge in [0.2, 0.25) is 0 Å². The number of anilines is 1. The van der Waals surface area contributed by atoms with Crippen LogP contribution in [0, 0.1) is 12.7 Å². The lowest BCUT2D eigenvalue weighted by atomic mass is 10.1. The summed E-state index contributed by atoms with van der Waals surface area (Å²) in [4.78, 5) is 0. The molecule has 0 spiro atoms. The van der Waals surface area contributed by atoms with Crippen LogP contribution >= 0.6 is 0 Å². The third-order valence-electron chi connectivity index (χ3n) is 3.37. The first-order valence-electron chi connectivity index (χ1n) is 7.41. The second-order valence-corrected chi connectivity index (χ2v) is 5.16. The fraction of sp³-hybridized carbons (Fsp3) is 0.333.